The van der Waals surface area contributed by atoms with Crippen LogP contribution in [0, 0.1) is 13.8 Å². The van der Waals surface area contributed by atoms with Crippen LogP contribution in [0.4, 0.5) is 0 Å². The number of nitrogens with one attached hydrogen (secondary N) is 2. The molecule has 6 nitrogen and oxygen atoms in total. The Morgan fingerprint density at radius 1 is 0.731 bits per heavy atom. The number of aromatic nitrogens is 6. The van der Waals surface area contributed by atoms with Crippen LogP contribution in [-0.4, -0.2) is 30.4 Å². The summed E-state index contributed by atoms with van der Waals surface area (Å²) in [5, 5.41) is 14.8. The van der Waals surface area contributed by atoms with Gasteiger partial charge in [-0.05, 0) is 32.9 Å². The van der Waals surface area contributed by atoms with Crippen molar-refractivity contribution >= 4 is 0 Å². The first-order chi connectivity index (χ1) is 12.6. The lowest BCUT2D eigenvalue weighted by atomic mass is 10.1. The molecule has 0 saturated heterocycles. The van der Waals surface area contributed by atoms with E-state index in [2.05, 4.69) is 68.5 Å². The van der Waals surface area contributed by atoms with Gasteiger partial charge in [0.1, 0.15) is 11.6 Å². The first-order valence-electron chi connectivity index (χ1n) is 8.59. The molecule has 0 radical (unpaired) electrons. The van der Waals surface area contributed by atoms with Crippen LogP contribution in [0.1, 0.15) is 35.6 Å². The average molecular weight is 344 g/mol. The van der Waals surface area contributed by atoms with Crippen LogP contribution >= 0.6 is 0 Å². The van der Waals surface area contributed by atoms with Gasteiger partial charge in [-0.3, -0.25) is 10.2 Å². The first-order valence-corrected chi connectivity index (χ1v) is 8.59. The van der Waals surface area contributed by atoms with Gasteiger partial charge in [0.15, 0.2) is 11.6 Å². The maximum absolute atomic E-state index is 4.64. The predicted molar refractivity (Wildman–Crippen MR) is 101 cm³/mol. The fourth-order valence-electron chi connectivity index (χ4n) is 2.89. The van der Waals surface area contributed by atoms with Gasteiger partial charge in [0, 0.05) is 11.1 Å². The molecule has 0 amide bonds. The molecule has 0 spiro atoms. The maximum Gasteiger partial charge on any atom is 0.181 e. The number of aromatic amines is 2. The summed E-state index contributed by atoms with van der Waals surface area (Å²) in [4.78, 5) is 9.28. The molecular formula is C20H20N6. The number of hydrogen-bond acceptors (Lipinski definition) is 4. The highest BCUT2D eigenvalue weighted by Crippen LogP contribution is 2.24. The minimum absolute atomic E-state index is 0.0629. The molecule has 2 N–H and O–H groups in total. The number of hydrogen-bond donors (Lipinski definition) is 2. The summed E-state index contributed by atoms with van der Waals surface area (Å²) in [7, 11) is 0. The molecule has 0 fully saturated rings. The van der Waals surface area contributed by atoms with Crippen molar-refractivity contribution < 1.29 is 0 Å². The van der Waals surface area contributed by atoms with E-state index in [0.29, 0.717) is 11.6 Å². The zero-order valence-corrected chi connectivity index (χ0v) is 15.0. The van der Waals surface area contributed by atoms with E-state index in [9.17, 15) is 0 Å². The summed E-state index contributed by atoms with van der Waals surface area (Å²) in [6.45, 7) is 6.14. The van der Waals surface area contributed by atoms with Gasteiger partial charge in [-0.25, -0.2) is 9.97 Å². The number of nitrogens with zero attached hydrogens (tertiary/aromatic N) is 4. The van der Waals surface area contributed by atoms with Crippen molar-refractivity contribution in [3.8, 4) is 22.8 Å². The zero-order chi connectivity index (χ0) is 18.1. The summed E-state index contributed by atoms with van der Waals surface area (Å²) >= 11 is 0. The molecule has 0 aliphatic rings. The molecule has 2 aromatic heterocycles. The third-order valence-corrected chi connectivity index (χ3v) is 4.38. The Morgan fingerprint density at radius 3 is 1.62 bits per heavy atom. The molecule has 4 aromatic rings. The molecule has 2 heterocycles. The summed E-state index contributed by atoms with van der Waals surface area (Å²) in [6, 6.07) is 16.3. The zero-order valence-electron chi connectivity index (χ0n) is 15.0. The average Bonchev–Trinajstić information content (AvgIpc) is 3.31. The van der Waals surface area contributed by atoms with Crippen LogP contribution in [0.3, 0.4) is 0 Å². The van der Waals surface area contributed by atoms with E-state index in [-0.39, 0.29) is 5.92 Å². The molecule has 0 aliphatic carbocycles. The summed E-state index contributed by atoms with van der Waals surface area (Å²) in [6.07, 6.45) is 0. The maximum atomic E-state index is 4.64. The second-order valence-corrected chi connectivity index (χ2v) is 6.55. The highest BCUT2D eigenvalue weighted by atomic mass is 15.2. The highest BCUT2D eigenvalue weighted by molar-refractivity contribution is 5.56. The molecule has 2 aromatic carbocycles. The lowest BCUT2D eigenvalue weighted by Gasteiger charge is -2.02. The second kappa shape index (κ2) is 6.55. The summed E-state index contributed by atoms with van der Waals surface area (Å²) in [5.74, 6) is 2.83. The summed E-state index contributed by atoms with van der Waals surface area (Å²) < 4.78 is 0. The van der Waals surface area contributed by atoms with Crippen molar-refractivity contribution in [3.05, 3.63) is 71.3 Å². The van der Waals surface area contributed by atoms with E-state index in [0.717, 1.165) is 22.8 Å². The van der Waals surface area contributed by atoms with Crippen molar-refractivity contribution in [2.24, 2.45) is 0 Å². The van der Waals surface area contributed by atoms with Crippen LogP contribution < -0.4 is 0 Å². The second-order valence-electron chi connectivity index (χ2n) is 6.55. The molecule has 0 atom stereocenters. The van der Waals surface area contributed by atoms with Gasteiger partial charge >= 0.3 is 0 Å². The first kappa shape index (κ1) is 16.2. The van der Waals surface area contributed by atoms with Gasteiger partial charge in [0.05, 0.1) is 5.92 Å². The molecule has 0 bridgehead atoms. The molecular weight excluding hydrogens is 324 g/mol. The Morgan fingerprint density at radius 2 is 1.19 bits per heavy atom. The largest absolute Gasteiger partial charge is 0.262 e. The van der Waals surface area contributed by atoms with Crippen LogP contribution in [0.25, 0.3) is 22.8 Å². The van der Waals surface area contributed by atoms with E-state index in [1.807, 2.05) is 31.2 Å². The normalized spacial score (nSPS) is 11.2. The third-order valence-electron chi connectivity index (χ3n) is 4.38. The lowest BCUT2D eigenvalue weighted by Crippen LogP contribution is -2.01. The smallest absolute Gasteiger partial charge is 0.181 e. The lowest BCUT2D eigenvalue weighted by molar-refractivity contribution is 0.761. The molecule has 130 valence electrons. The fourth-order valence-corrected chi connectivity index (χ4v) is 2.89. The third kappa shape index (κ3) is 3.13. The molecule has 4 rings (SSSR count). The number of rotatable bonds is 4. The van der Waals surface area contributed by atoms with E-state index in [1.165, 1.54) is 11.1 Å². The number of H-pyrrole nitrogens is 2. The van der Waals surface area contributed by atoms with Crippen molar-refractivity contribution in [3.63, 3.8) is 0 Å². The Bertz CT molecular complexity index is 962. The number of benzene rings is 2. The SMILES string of the molecule is Cc1cccc(-c2n[nH]c(C(C)c3nc(-c4cccc(C)c4)n[nH]3)n2)c1. The van der Waals surface area contributed by atoms with Gasteiger partial charge < -0.3 is 0 Å². The molecule has 0 saturated carbocycles. The van der Waals surface area contributed by atoms with Gasteiger partial charge in [0.2, 0.25) is 0 Å². The highest BCUT2D eigenvalue weighted by Gasteiger charge is 2.18. The van der Waals surface area contributed by atoms with Crippen molar-refractivity contribution in [1.29, 1.82) is 0 Å². The summed E-state index contributed by atoms with van der Waals surface area (Å²) in [5.41, 5.74) is 4.36. The number of aryl methyl sites for hydroxylation is 2. The van der Waals surface area contributed by atoms with Gasteiger partial charge in [-0.1, -0.05) is 47.5 Å². The van der Waals surface area contributed by atoms with E-state index < -0.39 is 0 Å². The fraction of sp³-hybridized carbons (Fsp3) is 0.200. The Balaban J connectivity index is 1.60. The van der Waals surface area contributed by atoms with Crippen LogP contribution in [0.2, 0.25) is 0 Å². The molecule has 6 heteroatoms. The van der Waals surface area contributed by atoms with Crippen LogP contribution in [0.5, 0.6) is 0 Å². The van der Waals surface area contributed by atoms with E-state index >= 15 is 0 Å². The molecule has 0 aliphatic heterocycles. The Labute approximate surface area is 151 Å². The predicted octanol–water partition coefficient (Wildman–Crippen LogP) is 4.03. The topological polar surface area (TPSA) is 83.1 Å². The van der Waals surface area contributed by atoms with E-state index in [1.54, 1.807) is 0 Å². The van der Waals surface area contributed by atoms with Crippen LogP contribution in [-0.2, 0) is 0 Å². The van der Waals surface area contributed by atoms with E-state index in [4.69, 9.17) is 0 Å². The quantitative estimate of drug-likeness (QED) is 0.585. The minimum atomic E-state index is -0.0629. The Hall–Kier alpha value is -3.28. The van der Waals surface area contributed by atoms with Gasteiger partial charge in [-0.15, -0.1) is 0 Å². The standard InChI is InChI=1S/C20H20N6/c1-12-6-4-8-15(10-12)19-21-17(23-25-19)14(3)18-22-20(26-24-18)16-9-5-7-13(2)11-16/h4-11,14H,1-3H3,(H,21,23,25)(H,22,24,26). The van der Waals surface area contributed by atoms with Crippen LogP contribution in [0.15, 0.2) is 48.5 Å². The minimum Gasteiger partial charge on any atom is -0.262 e. The van der Waals surface area contributed by atoms with Gasteiger partial charge in [0.25, 0.3) is 0 Å². The van der Waals surface area contributed by atoms with Gasteiger partial charge in [-0.2, -0.15) is 10.2 Å². The monoisotopic (exact) mass is 344 g/mol. The molecule has 26 heavy (non-hydrogen) atoms. The van der Waals surface area contributed by atoms with Crippen molar-refractivity contribution in [1.82, 2.24) is 30.4 Å². The van der Waals surface area contributed by atoms with Crippen molar-refractivity contribution in [2.75, 3.05) is 0 Å². The van der Waals surface area contributed by atoms with Crippen molar-refractivity contribution in [2.45, 2.75) is 26.7 Å². The Kier molecular flexibility index (Phi) is 4.08. The molecule has 0 unspecified atom stereocenters.